The molecule has 31 heavy (non-hydrogen) atoms. The maximum absolute atomic E-state index is 13.4. The molecule has 8 heteroatoms. The lowest BCUT2D eigenvalue weighted by Crippen LogP contribution is -2.13. The molecule has 1 amide bonds. The van der Waals surface area contributed by atoms with Crippen LogP contribution >= 0.6 is 56.8 Å². The van der Waals surface area contributed by atoms with Crippen molar-refractivity contribution in [3.63, 3.8) is 0 Å². The van der Waals surface area contributed by atoms with E-state index in [0.29, 0.717) is 22.0 Å². The molecule has 1 N–H and O–H groups in total. The highest BCUT2D eigenvalue weighted by molar-refractivity contribution is 14.1. The maximum Gasteiger partial charge on any atom is 0.266 e. The van der Waals surface area contributed by atoms with Gasteiger partial charge in [0.2, 0.25) is 0 Å². The highest BCUT2D eigenvalue weighted by Crippen LogP contribution is 2.31. The van der Waals surface area contributed by atoms with E-state index >= 15 is 0 Å². The van der Waals surface area contributed by atoms with Crippen LogP contribution in [-0.4, -0.2) is 5.91 Å². The zero-order chi connectivity index (χ0) is 22.4. The van der Waals surface area contributed by atoms with Crippen LogP contribution in [0.4, 0.5) is 10.1 Å². The second-order valence-electron chi connectivity index (χ2n) is 6.34. The van der Waals surface area contributed by atoms with Crippen molar-refractivity contribution < 1.29 is 13.9 Å². The molecule has 4 nitrogen and oxygen atoms in total. The second kappa shape index (κ2) is 10.9. The van der Waals surface area contributed by atoms with Crippen LogP contribution in [0.2, 0.25) is 5.02 Å². The van der Waals surface area contributed by atoms with E-state index in [1.54, 1.807) is 36.4 Å². The molecule has 0 spiro atoms. The van der Waals surface area contributed by atoms with Crippen LogP contribution in [-0.2, 0) is 11.4 Å². The van der Waals surface area contributed by atoms with Gasteiger partial charge in [0.25, 0.3) is 5.91 Å². The molecule has 0 aromatic heterocycles. The first-order chi connectivity index (χ1) is 14.9. The van der Waals surface area contributed by atoms with Crippen molar-refractivity contribution in [2.24, 2.45) is 0 Å². The molecule has 0 bridgehead atoms. The third-order valence-electron chi connectivity index (χ3n) is 4.09. The Kier molecular flexibility index (Phi) is 8.28. The number of rotatable bonds is 6. The fourth-order valence-electron chi connectivity index (χ4n) is 2.65. The highest BCUT2D eigenvalue weighted by atomic mass is 127. The van der Waals surface area contributed by atoms with Gasteiger partial charge in [0.05, 0.1) is 17.9 Å². The van der Waals surface area contributed by atoms with E-state index in [0.717, 1.165) is 12.7 Å². The predicted octanol–water partition coefficient (Wildman–Crippen LogP) is 6.81. The summed E-state index contributed by atoms with van der Waals surface area (Å²) in [6.45, 7) is 0.225. The highest BCUT2D eigenvalue weighted by Gasteiger charge is 2.14. The lowest BCUT2D eigenvalue weighted by atomic mass is 10.1. The summed E-state index contributed by atoms with van der Waals surface area (Å²) >= 11 is 10.3. The fraction of sp³-hybridized carbons (Fsp3) is 0.0435. The van der Waals surface area contributed by atoms with E-state index in [2.05, 4.69) is 50.5 Å². The number of carbonyl (C=O) groups is 1. The van der Waals surface area contributed by atoms with Gasteiger partial charge in [-0.1, -0.05) is 35.9 Å². The van der Waals surface area contributed by atoms with Gasteiger partial charge >= 0.3 is 0 Å². The summed E-state index contributed by atoms with van der Waals surface area (Å²) in [5.41, 5.74) is 1.77. The van der Waals surface area contributed by atoms with E-state index in [9.17, 15) is 14.4 Å². The summed E-state index contributed by atoms with van der Waals surface area (Å²) in [4.78, 5) is 12.5. The maximum atomic E-state index is 13.4. The summed E-state index contributed by atoms with van der Waals surface area (Å²) < 4.78 is 20.8. The Labute approximate surface area is 211 Å². The molecule has 0 aliphatic carbocycles. The van der Waals surface area contributed by atoms with E-state index in [-0.39, 0.29) is 18.0 Å². The first-order valence-corrected chi connectivity index (χ1v) is 11.4. The Hall–Kier alpha value is -2.16. The lowest BCUT2D eigenvalue weighted by Gasteiger charge is -2.12. The van der Waals surface area contributed by atoms with Crippen LogP contribution in [0, 0.1) is 24.3 Å². The molecule has 3 aromatic carbocycles. The van der Waals surface area contributed by atoms with Crippen molar-refractivity contribution in [1.82, 2.24) is 0 Å². The minimum atomic E-state index is -0.549. The number of ether oxygens (including phenoxy) is 1. The Balaban J connectivity index is 1.78. The summed E-state index contributed by atoms with van der Waals surface area (Å²) in [7, 11) is 0. The summed E-state index contributed by atoms with van der Waals surface area (Å²) in [6.07, 6.45) is 1.51. The predicted molar refractivity (Wildman–Crippen MR) is 136 cm³/mol. The molecule has 0 atom stereocenters. The molecule has 3 rings (SSSR count). The Morgan fingerprint density at radius 1 is 1.13 bits per heavy atom. The van der Waals surface area contributed by atoms with Gasteiger partial charge in [0, 0.05) is 0 Å². The fourth-order valence-corrected chi connectivity index (χ4v) is 4.96. The SMILES string of the molecule is N#C/C(=C\c1cc(I)c(OCc2cccc(F)c2)c(I)c1)C(=O)Nc1ccccc1Cl. The Morgan fingerprint density at radius 3 is 2.48 bits per heavy atom. The smallest absolute Gasteiger partial charge is 0.266 e. The standard InChI is InChI=1S/C23H14ClFI2N2O2/c24-18-6-1-2-7-21(18)29-23(30)16(12-28)8-15-10-19(26)22(20(27)11-15)31-13-14-4-3-5-17(25)9-14/h1-11H,13H2,(H,29,30)/b16-8+. The first kappa shape index (κ1) is 23.5. The second-order valence-corrected chi connectivity index (χ2v) is 9.07. The van der Waals surface area contributed by atoms with E-state index in [1.807, 2.05) is 18.2 Å². The molecular formula is C23H14ClFI2N2O2. The number of amides is 1. The lowest BCUT2D eigenvalue weighted by molar-refractivity contribution is -0.112. The van der Waals surface area contributed by atoms with Gasteiger partial charge in [0.15, 0.2) is 0 Å². The zero-order valence-corrected chi connectivity index (χ0v) is 20.9. The van der Waals surface area contributed by atoms with Gasteiger partial charge in [-0.15, -0.1) is 0 Å². The molecule has 156 valence electrons. The van der Waals surface area contributed by atoms with Gasteiger partial charge < -0.3 is 10.1 Å². The molecule has 0 aliphatic heterocycles. The number of hydrogen-bond donors (Lipinski definition) is 1. The largest absolute Gasteiger partial charge is 0.487 e. The molecule has 0 unspecified atom stereocenters. The minimum Gasteiger partial charge on any atom is -0.487 e. The van der Waals surface area contributed by atoms with Gasteiger partial charge in [0.1, 0.15) is 29.8 Å². The minimum absolute atomic E-state index is 0.0556. The number of nitrogens with zero attached hydrogens (tertiary/aromatic N) is 1. The number of carbonyl (C=O) groups excluding carboxylic acids is 1. The number of hydrogen-bond acceptors (Lipinski definition) is 3. The van der Waals surface area contributed by atoms with E-state index < -0.39 is 5.91 Å². The third kappa shape index (κ3) is 6.41. The molecule has 3 aromatic rings. The topological polar surface area (TPSA) is 62.1 Å². The van der Waals surface area contributed by atoms with Gasteiger partial charge in [-0.05, 0) is 98.8 Å². The molecular weight excluding hydrogens is 645 g/mol. The molecule has 0 fully saturated rings. The third-order valence-corrected chi connectivity index (χ3v) is 6.02. The Bertz CT molecular complexity index is 1190. The van der Waals surface area contributed by atoms with Crippen molar-refractivity contribution in [1.29, 1.82) is 5.26 Å². The number of benzene rings is 3. The van der Waals surface area contributed by atoms with Crippen LogP contribution in [0.3, 0.4) is 0 Å². The quantitative estimate of drug-likeness (QED) is 0.180. The zero-order valence-electron chi connectivity index (χ0n) is 15.8. The van der Waals surface area contributed by atoms with E-state index in [1.165, 1.54) is 18.2 Å². The molecule has 0 aliphatic rings. The average Bonchev–Trinajstić information content (AvgIpc) is 2.73. The molecule has 0 radical (unpaired) electrons. The van der Waals surface area contributed by atoms with Gasteiger partial charge in [-0.2, -0.15) is 5.26 Å². The van der Waals surface area contributed by atoms with Crippen molar-refractivity contribution in [2.45, 2.75) is 6.61 Å². The van der Waals surface area contributed by atoms with Crippen molar-refractivity contribution in [3.8, 4) is 11.8 Å². The summed E-state index contributed by atoms with van der Waals surface area (Å²) in [5, 5.41) is 12.5. The van der Waals surface area contributed by atoms with Crippen molar-refractivity contribution in [3.05, 3.63) is 95.3 Å². The first-order valence-electron chi connectivity index (χ1n) is 8.91. The summed E-state index contributed by atoms with van der Waals surface area (Å²) in [5.74, 6) is -0.209. The van der Waals surface area contributed by atoms with Crippen LogP contribution in [0.15, 0.2) is 66.2 Å². The van der Waals surface area contributed by atoms with Crippen LogP contribution in [0.5, 0.6) is 5.75 Å². The van der Waals surface area contributed by atoms with Gasteiger partial charge in [-0.25, -0.2) is 4.39 Å². The van der Waals surface area contributed by atoms with Crippen molar-refractivity contribution >= 4 is 74.5 Å². The number of para-hydroxylation sites is 1. The van der Waals surface area contributed by atoms with Crippen LogP contribution in [0.25, 0.3) is 6.08 Å². The molecule has 0 saturated carbocycles. The van der Waals surface area contributed by atoms with Crippen LogP contribution < -0.4 is 10.1 Å². The number of nitriles is 1. The normalized spacial score (nSPS) is 11.0. The van der Waals surface area contributed by atoms with Crippen LogP contribution in [0.1, 0.15) is 11.1 Å². The van der Waals surface area contributed by atoms with Crippen molar-refractivity contribution in [2.75, 3.05) is 5.32 Å². The van der Waals surface area contributed by atoms with E-state index in [4.69, 9.17) is 16.3 Å². The average molecular weight is 659 g/mol. The summed E-state index contributed by atoms with van der Waals surface area (Å²) in [6, 6.07) is 18.6. The van der Waals surface area contributed by atoms with Gasteiger partial charge in [-0.3, -0.25) is 4.79 Å². The number of anilines is 1. The molecule has 0 saturated heterocycles. The number of nitrogens with one attached hydrogen (secondary N) is 1. The monoisotopic (exact) mass is 658 g/mol. The Morgan fingerprint density at radius 2 is 1.84 bits per heavy atom. The number of halogens is 4. The molecule has 0 heterocycles.